The summed E-state index contributed by atoms with van der Waals surface area (Å²) in [5.74, 6) is -0.495. The second-order valence-electron chi connectivity index (χ2n) is 10.2. The Morgan fingerprint density at radius 2 is 1.47 bits per heavy atom. The standard InChI is InChI=1S/C29H39NO6/c1-21-26(34-20-23-15-9-6-10-16-23)25(33-19-22-13-7-5-8-14-22)18-12-11-17-24(27(31)35-21)30-28(32)36-29(2,3)4/h5-10,13-16,21,24-26H,11-12,17-20H2,1-4H3,(H,30,32)/t21-,24?,25-,26-/m0/s1. The number of nitrogens with one attached hydrogen (secondary N) is 1. The molecule has 3 rings (SSSR count). The van der Waals surface area contributed by atoms with Crippen molar-refractivity contribution >= 4 is 12.1 Å². The van der Waals surface area contributed by atoms with Crippen LogP contribution in [0, 0.1) is 0 Å². The number of amides is 1. The van der Waals surface area contributed by atoms with Crippen LogP contribution < -0.4 is 5.32 Å². The number of rotatable bonds is 7. The van der Waals surface area contributed by atoms with E-state index in [0.29, 0.717) is 19.6 Å². The smallest absolute Gasteiger partial charge is 0.408 e. The number of carbonyl (C=O) groups excluding carboxylic acids is 2. The van der Waals surface area contributed by atoms with Gasteiger partial charge in [0, 0.05) is 0 Å². The van der Waals surface area contributed by atoms with Crippen molar-refractivity contribution in [1.82, 2.24) is 5.32 Å². The lowest BCUT2D eigenvalue weighted by atomic mass is 9.98. The average Bonchev–Trinajstić information content (AvgIpc) is 2.83. The average molecular weight is 498 g/mol. The summed E-state index contributed by atoms with van der Waals surface area (Å²) in [6.07, 6.45) is 0.805. The maximum atomic E-state index is 13.1. The van der Waals surface area contributed by atoms with Crippen molar-refractivity contribution in [3.8, 4) is 0 Å². The molecule has 1 aliphatic rings. The van der Waals surface area contributed by atoms with Gasteiger partial charge in [0.1, 0.15) is 23.9 Å². The zero-order valence-electron chi connectivity index (χ0n) is 21.8. The molecule has 0 radical (unpaired) electrons. The van der Waals surface area contributed by atoms with Crippen molar-refractivity contribution in [3.05, 3.63) is 71.8 Å². The fraction of sp³-hybridized carbons (Fsp3) is 0.517. The van der Waals surface area contributed by atoms with Crippen molar-refractivity contribution < 1.29 is 28.5 Å². The van der Waals surface area contributed by atoms with Gasteiger partial charge in [-0.25, -0.2) is 9.59 Å². The summed E-state index contributed by atoms with van der Waals surface area (Å²) in [4.78, 5) is 25.4. The van der Waals surface area contributed by atoms with Crippen molar-refractivity contribution in [2.75, 3.05) is 0 Å². The maximum Gasteiger partial charge on any atom is 0.408 e. The van der Waals surface area contributed by atoms with E-state index in [1.165, 1.54) is 0 Å². The summed E-state index contributed by atoms with van der Waals surface area (Å²) in [6, 6.07) is 19.1. The van der Waals surface area contributed by atoms with Crippen LogP contribution in [0.4, 0.5) is 4.79 Å². The molecule has 0 aromatic heterocycles. The third-order valence-electron chi connectivity index (χ3n) is 5.93. The number of alkyl carbamates (subject to hydrolysis) is 1. The van der Waals surface area contributed by atoms with Gasteiger partial charge in [-0.1, -0.05) is 73.5 Å². The van der Waals surface area contributed by atoms with E-state index >= 15 is 0 Å². The quantitative estimate of drug-likeness (QED) is 0.505. The van der Waals surface area contributed by atoms with Gasteiger partial charge in [-0.3, -0.25) is 0 Å². The van der Waals surface area contributed by atoms with Crippen LogP contribution in [0.1, 0.15) is 64.5 Å². The van der Waals surface area contributed by atoms with E-state index in [2.05, 4.69) is 5.32 Å². The molecule has 4 atom stereocenters. The van der Waals surface area contributed by atoms with Crippen LogP contribution in [-0.2, 0) is 37.0 Å². The van der Waals surface area contributed by atoms with Crippen LogP contribution >= 0.6 is 0 Å². The van der Waals surface area contributed by atoms with Crippen molar-refractivity contribution in [2.24, 2.45) is 0 Å². The SMILES string of the molecule is C[C@@H]1OC(=O)C(NC(=O)OC(C)(C)C)CCCC[C@H](OCc2ccccc2)[C@H]1OCc1ccccc1. The maximum absolute atomic E-state index is 13.1. The van der Waals surface area contributed by atoms with Gasteiger partial charge < -0.3 is 24.3 Å². The highest BCUT2D eigenvalue weighted by Crippen LogP contribution is 2.24. The fourth-order valence-electron chi connectivity index (χ4n) is 4.16. The number of hydrogen-bond acceptors (Lipinski definition) is 6. The molecule has 1 aliphatic heterocycles. The molecule has 0 spiro atoms. The summed E-state index contributed by atoms with van der Waals surface area (Å²) in [7, 11) is 0. The third-order valence-corrected chi connectivity index (χ3v) is 5.93. The summed E-state index contributed by atoms with van der Waals surface area (Å²) in [5.41, 5.74) is 1.44. The molecule has 7 nitrogen and oxygen atoms in total. The molecule has 2 aromatic rings. The van der Waals surface area contributed by atoms with E-state index in [-0.39, 0.29) is 6.10 Å². The first-order chi connectivity index (χ1) is 17.2. The lowest BCUT2D eigenvalue weighted by molar-refractivity contribution is -0.174. The molecule has 1 saturated heterocycles. The molecule has 0 aliphatic carbocycles. The van der Waals surface area contributed by atoms with Crippen LogP contribution in [0.25, 0.3) is 0 Å². The zero-order chi connectivity index (χ0) is 26.0. The van der Waals surface area contributed by atoms with Gasteiger partial charge in [0.05, 0.1) is 19.3 Å². The second-order valence-corrected chi connectivity index (χ2v) is 10.2. The van der Waals surface area contributed by atoms with E-state index in [4.69, 9.17) is 18.9 Å². The Bertz CT molecular complexity index is 943. The number of carbonyl (C=O) groups is 2. The first-order valence-electron chi connectivity index (χ1n) is 12.7. The first kappa shape index (κ1) is 27.7. The molecule has 2 aromatic carbocycles. The minimum absolute atomic E-state index is 0.257. The highest BCUT2D eigenvalue weighted by Gasteiger charge is 2.35. The Labute approximate surface area is 214 Å². The Balaban J connectivity index is 1.72. The summed E-state index contributed by atoms with van der Waals surface area (Å²) in [6.45, 7) is 7.98. The number of ether oxygens (including phenoxy) is 4. The highest BCUT2D eigenvalue weighted by atomic mass is 16.6. The third kappa shape index (κ3) is 9.28. The van der Waals surface area contributed by atoms with Crippen molar-refractivity contribution in [1.29, 1.82) is 0 Å². The molecule has 1 unspecified atom stereocenters. The molecule has 36 heavy (non-hydrogen) atoms. The monoisotopic (exact) mass is 497 g/mol. The molecular weight excluding hydrogens is 458 g/mol. The summed E-state index contributed by atoms with van der Waals surface area (Å²) >= 11 is 0. The predicted octanol–water partition coefficient (Wildman–Crippen LogP) is 5.56. The van der Waals surface area contributed by atoms with Gasteiger partial charge in [-0.2, -0.15) is 0 Å². The van der Waals surface area contributed by atoms with Crippen molar-refractivity contribution in [2.45, 2.75) is 96.5 Å². The van der Waals surface area contributed by atoms with Crippen LogP contribution in [0.15, 0.2) is 60.7 Å². The number of esters is 1. The van der Waals surface area contributed by atoms with Gasteiger partial charge in [0.2, 0.25) is 0 Å². The fourth-order valence-corrected chi connectivity index (χ4v) is 4.16. The Morgan fingerprint density at radius 3 is 2.06 bits per heavy atom. The van der Waals surface area contributed by atoms with Gasteiger partial charge in [0.25, 0.3) is 0 Å². The molecule has 0 saturated carbocycles. The normalized spacial score (nSPS) is 23.4. The molecule has 1 fully saturated rings. The Kier molecular flexibility index (Phi) is 10.3. The van der Waals surface area contributed by atoms with E-state index in [1.807, 2.05) is 67.6 Å². The first-order valence-corrected chi connectivity index (χ1v) is 12.7. The largest absolute Gasteiger partial charge is 0.458 e. The second kappa shape index (κ2) is 13.4. The molecule has 0 bridgehead atoms. The highest BCUT2D eigenvalue weighted by molar-refractivity contribution is 5.81. The Morgan fingerprint density at radius 1 is 0.917 bits per heavy atom. The van der Waals surface area contributed by atoms with Gasteiger partial charge in [0.15, 0.2) is 0 Å². The molecular formula is C29H39NO6. The van der Waals surface area contributed by atoms with Crippen LogP contribution in [0.3, 0.4) is 0 Å². The van der Waals surface area contributed by atoms with E-state index < -0.39 is 35.9 Å². The topological polar surface area (TPSA) is 83.1 Å². The Hall–Kier alpha value is -2.90. The summed E-state index contributed by atoms with van der Waals surface area (Å²) in [5, 5.41) is 2.68. The molecule has 1 amide bonds. The van der Waals surface area contributed by atoms with Crippen LogP contribution in [0.2, 0.25) is 0 Å². The number of hydrogen-bond donors (Lipinski definition) is 1. The van der Waals surface area contributed by atoms with Crippen LogP contribution in [0.5, 0.6) is 0 Å². The lowest BCUT2D eigenvalue weighted by Gasteiger charge is -2.34. The molecule has 1 heterocycles. The van der Waals surface area contributed by atoms with Gasteiger partial charge in [-0.05, 0) is 51.7 Å². The van der Waals surface area contributed by atoms with Crippen LogP contribution in [-0.4, -0.2) is 42.0 Å². The molecule has 1 N–H and O–H groups in total. The van der Waals surface area contributed by atoms with E-state index in [9.17, 15) is 9.59 Å². The number of benzene rings is 2. The predicted molar refractivity (Wildman–Crippen MR) is 137 cm³/mol. The minimum Gasteiger partial charge on any atom is -0.458 e. The van der Waals surface area contributed by atoms with Crippen molar-refractivity contribution in [3.63, 3.8) is 0 Å². The zero-order valence-corrected chi connectivity index (χ0v) is 21.8. The molecule has 196 valence electrons. The van der Waals surface area contributed by atoms with E-state index in [1.54, 1.807) is 20.8 Å². The number of cyclic esters (lactones) is 1. The lowest BCUT2D eigenvalue weighted by Crippen LogP contribution is -2.48. The minimum atomic E-state index is -0.779. The van der Waals surface area contributed by atoms with Gasteiger partial charge in [-0.15, -0.1) is 0 Å². The van der Waals surface area contributed by atoms with E-state index in [0.717, 1.165) is 30.4 Å². The molecule has 7 heteroatoms. The summed E-state index contributed by atoms with van der Waals surface area (Å²) < 4.78 is 23.9. The van der Waals surface area contributed by atoms with Gasteiger partial charge >= 0.3 is 12.1 Å².